The molecule has 1 aromatic rings. The zero-order valence-corrected chi connectivity index (χ0v) is 10.4. The van der Waals surface area contributed by atoms with Gasteiger partial charge in [-0.1, -0.05) is 0 Å². The van der Waals surface area contributed by atoms with Gasteiger partial charge in [-0.15, -0.1) is 0 Å². The number of likely N-dealkylation sites (tertiary alicyclic amines) is 1. The van der Waals surface area contributed by atoms with Gasteiger partial charge in [0.2, 0.25) is 0 Å². The van der Waals surface area contributed by atoms with Gasteiger partial charge in [-0.05, 0) is 37.3 Å². The Morgan fingerprint density at radius 2 is 2.11 bits per heavy atom. The summed E-state index contributed by atoms with van der Waals surface area (Å²) in [7, 11) is 0. The van der Waals surface area contributed by atoms with Crippen molar-refractivity contribution in [2.45, 2.75) is 25.4 Å². The second-order valence-corrected chi connectivity index (χ2v) is 5.17. The van der Waals surface area contributed by atoms with E-state index in [2.05, 4.69) is 4.98 Å². The molecule has 96 valence electrons. The van der Waals surface area contributed by atoms with E-state index in [1.807, 2.05) is 4.90 Å². The number of rotatable bonds is 4. The molecule has 4 heteroatoms. The van der Waals surface area contributed by atoms with Crippen LogP contribution in [0.3, 0.4) is 0 Å². The standard InChI is InChI=1S/C14H18N2O2/c17-14(12-3-6-15-7-4-12)16-8-5-13(9-16)18-10-11-1-2-11/h3-4,6-7,11,13H,1-2,5,8-10H2/t13-/m1/s1. The molecular formula is C14H18N2O2. The van der Waals surface area contributed by atoms with Crippen molar-refractivity contribution < 1.29 is 9.53 Å². The predicted octanol–water partition coefficient (Wildman–Crippen LogP) is 1.72. The quantitative estimate of drug-likeness (QED) is 0.812. The van der Waals surface area contributed by atoms with Gasteiger partial charge in [0, 0.05) is 37.7 Å². The molecule has 2 aliphatic rings. The lowest BCUT2D eigenvalue weighted by Crippen LogP contribution is -2.30. The number of pyridine rings is 1. The highest BCUT2D eigenvalue weighted by molar-refractivity contribution is 5.94. The number of hydrogen-bond donors (Lipinski definition) is 0. The van der Waals surface area contributed by atoms with Crippen LogP contribution in [-0.2, 0) is 4.74 Å². The monoisotopic (exact) mass is 246 g/mol. The average Bonchev–Trinajstić information content (AvgIpc) is 3.14. The van der Waals surface area contributed by atoms with Crippen molar-refractivity contribution in [3.05, 3.63) is 30.1 Å². The normalized spacial score (nSPS) is 23.3. The van der Waals surface area contributed by atoms with E-state index in [-0.39, 0.29) is 12.0 Å². The average molecular weight is 246 g/mol. The second-order valence-electron chi connectivity index (χ2n) is 5.17. The van der Waals surface area contributed by atoms with Gasteiger partial charge in [-0.25, -0.2) is 0 Å². The highest BCUT2D eigenvalue weighted by Gasteiger charge is 2.29. The lowest BCUT2D eigenvalue weighted by molar-refractivity contribution is 0.0480. The minimum atomic E-state index is 0.0925. The maximum absolute atomic E-state index is 12.2. The van der Waals surface area contributed by atoms with Crippen molar-refractivity contribution in [2.24, 2.45) is 5.92 Å². The molecule has 0 aromatic carbocycles. The van der Waals surface area contributed by atoms with Crippen LogP contribution in [0, 0.1) is 5.92 Å². The van der Waals surface area contributed by atoms with E-state index >= 15 is 0 Å². The van der Waals surface area contributed by atoms with Gasteiger partial charge in [0.25, 0.3) is 5.91 Å². The molecule has 1 aliphatic heterocycles. The molecule has 3 rings (SSSR count). The summed E-state index contributed by atoms with van der Waals surface area (Å²) >= 11 is 0. The number of nitrogens with zero attached hydrogens (tertiary/aromatic N) is 2. The molecule has 2 fully saturated rings. The first kappa shape index (κ1) is 11.7. The zero-order valence-electron chi connectivity index (χ0n) is 10.4. The molecule has 0 radical (unpaired) electrons. The summed E-state index contributed by atoms with van der Waals surface area (Å²) in [5, 5.41) is 0. The van der Waals surface area contributed by atoms with Crippen molar-refractivity contribution >= 4 is 5.91 Å². The molecule has 4 nitrogen and oxygen atoms in total. The Bertz CT molecular complexity index is 417. The molecule has 0 spiro atoms. The van der Waals surface area contributed by atoms with Crippen molar-refractivity contribution in [1.29, 1.82) is 0 Å². The Balaban J connectivity index is 1.53. The van der Waals surface area contributed by atoms with E-state index in [4.69, 9.17) is 4.74 Å². The van der Waals surface area contributed by atoms with Gasteiger partial charge in [0.05, 0.1) is 6.10 Å². The Kier molecular flexibility index (Phi) is 3.28. The van der Waals surface area contributed by atoms with Crippen molar-refractivity contribution in [1.82, 2.24) is 9.88 Å². The first-order valence-corrected chi connectivity index (χ1v) is 6.64. The van der Waals surface area contributed by atoms with Gasteiger partial charge >= 0.3 is 0 Å². The highest BCUT2D eigenvalue weighted by Crippen LogP contribution is 2.30. The summed E-state index contributed by atoms with van der Waals surface area (Å²) in [4.78, 5) is 18.0. The lowest BCUT2D eigenvalue weighted by Gasteiger charge is -2.16. The summed E-state index contributed by atoms with van der Waals surface area (Å²) in [6.45, 7) is 2.41. The van der Waals surface area contributed by atoms with Crippen LogP contribution >= 0.6 is 0 Å². The van der Waals surface area contributed by atoms with E-state index in [9.17, 15) is 4.79 Å². The van der Waals surface area contributed by atoms with Crippen molar-refractivity contribution in [3.8, 4) is 0 Å². The molecular weight excluding hydrogens is 228 g/mol. The number of carbonyl (C=O) groups is 1. The first-order chi connectivity index (χ1) is 8.83. The molecule has 0 N–H and O–H groups in total. The van der Waals surface area contributed by atoms with Crippen LogP contribution in [0.25, 0.3) is 0 Å². The summed E-state index contributed by atoms with van der Waals surface area (Å²) in [5.74, 6) is 0.880. The molecule has 1 saturated carbocycles. The second kappa shape index (κ2) is 5.06. The van der Waals surface area contributed by atoms with Gasteiger partial charge in [0.15, 0.2) is 0 Å². The van der Waals surface area contributed by atoms with E-state index in [1.165, 1.54) is 12.8 Å². The lowest BCUT2D eigenvalue weighted by atomic mass is 10.2. The zero-order chi connectivity index (χ0) is 12.4. The molecule has 1 amide bonds. The summed E-state index contributed by atoms with van der Waals surface area (Å²) in [6.07, 6.45) is 7.13. The van der Waals surface area contributed by atoms with Crippen LogP contribution in [0.4, 0.5) is 0 Å². The fraction of sp³-hybridized carbons (Fsp3) is 0.571. The Hall–Kier alpha value is -1.42. The highest BCUT2D eigenvalue weighted by atomic mass is 16.5. The third kappa shape index (κ3) is 2.70. The number of hydrogen-bond acceptors (Lipinski definition) is 3. The van der Waals surface area contributed by atoms with E-state index < -0.39 is 0 Å². The molecule has 0 unspecified atom stereocenters. The molecule has 1 aliphatic carbocycles. The van der Waals surface area contributed by atoms with Crippen LogP contribution in [0.5, 0.6) is 0 Å². The molecule has 1 aromatic heterocycles. The Labute approximate surface area is 107 Å². The summed E-state index contributed by atoms with van der Waals surface area (Å²) in [5.41, 5.74) is 0.716. The molecule has 1 saturated heterocycles. The molecule has 0 bridgehead atoms. The van der Waals surface area contributed by atoms with E-state index in [0.29, 0.717) is 5.56 Å². The molecule has 18 heavy (non-hydrogen) atoms. The van der Waals surface area contributed by atoms with Gasteiger partial charge in [-0.3, -0.25) is 9.78 Å². The SMILES string of the molecule is O=C(c1ccncc1)N1CC[C@@H](OCC2CC2)C1. The topological polar surface area (TPSA) is 42.4 Å². The predicted molar refractivity (Wildman–Crippen MR) is 67.2 cm³/mol. The van der Waals surface area contributed by atoms with Crippen LogP contribution in [-0.4, -0.2) is 41.6 Å². The van der Waals surface area contributed by atoms with Crippen LogP contribution in [0.15, 0.2) is 24.5 Å². The van der Waals surface area contributed by atoms with Crippen LogP contribution < -0.4 is 0 Å². The van der Waals surface area contributed by atoms with Gasteiger partial charge < -0.3 is 9.64 Å². The van der Waals surface area contributed by atoms with Gasteiger partial charge in [0.1, 0.15) is 0 Å². The maximum Gasteiger partial charge on any atom is 0.254 e. The fourth-order valence-corrected chi connectivity index (χ4v) is 2.28. The van der Waals surface area contributed by atoms with Crippen LogP contribution in [0.1, 0.15) is 29.6 Å². The number of carbonyl (C=O) groups excluding carboxylic acids is 1. The van der Waals surface area contributed by atoms with Gasteiger partial charge in [-0.2, -0.15) is 0 Å². The maximum atomic E-state index is 12.2. The Morgan fingerprint density at radius 1 is 1.33 bits per heavy atom. The molecule has 2 heterocycles. The minimum absolute atomic E-state index is 0.0925. The third-order valence-corrected chi connectivity index (χ3v) is 3.62. The smallest absolute Gasteiger partial charge is 0.254 e. The largest absolute Gasteiger partial charge is 0.376 e. The number of aromatic nitrogens is 1. The fourth-order valence-electron chi connectivity index (χ4n) is 2.28. The minimum Gasteiger partial charge on any atom is -0.376 e. The molecule has 1 atom stereocenters. The first-order valence-electron chi connectivity index (χ1n) is 6.64. The third-order valence-electron chi connectivity index (χ3n) is 3.62. The Morgan fingerprint density at radius 3 is 2.83 bits per heavy atom. The van der Waals surface area contributed by atoms with Crippen LogP contribution in [0.2, 0.25) is 0 Å². The summed E-state index contributed by atoms with van der Waals surface area (Å²) in [6, 6.07) is 3.53. The number of ether oxygens (including phenoxy) is 1. The van der Waals surface area contributed by atoms with E-state index in [0.717, 1.165) is 32.0 Å². The van der Waals surface area contributed by atoms with Crippen molar-refractivity contribution in [2.75, 3.05) is 19.7 Å². The summed E-state index contributed by atoms with van der Waals surface area (Å²) < 4.78 is 5.84. The van der Waals surface area contributed by atoms with Crippen molar-refractivity contribution in [3.63, 3.8) is 0 Å². The number of amides is 1. The van der Waals surface area contributed by atoms with E-state index in [1.54, 1.807) is 24.5 Å².